The van der Waals surface area contributed by atoms with E-state index >= 15 is 0 Å². The van der Waals surface area contributed by atoms with Crippen LogP contribution in [0.15, 0.2) is 77.7 Å². The Hall–Kier alpha value is -3.85. The van der Waals surface area contributed by atoms with Crippen LogP contribution in [-0.2, 0) is 18.0 Å². The minimum atomic E-state index is -1.55. The summed E-state index contributed by atoms with van der Waals surface area (Å²) in [5.74, 6) is -1.82. The second-order valence-corrected chi connectivity index (χ2v) is 7.96. The number of benzene rings is 2. The van der Waals surface area contributed by atoms with Gasteiger partial charge in [-0.25, -0.2) is 18.0 Å². The highest BCUT2D eigenvalue weighted by Crippen LogP contribution is 2.37. The highest BCUT2D eigenvalue weighted by atomic mass is 32.2. The Balaban J connectivity index is 1.94. The monoisotopic (exact) mass is 453 g/mol. The summed E-state index contributed by atoms with van der Waals surface area (Å²) in [7, 11) is 0.0594. The fourth-order valence-electron chi connectivity index (χ4n) is 3.23. The van der Waals surface area contributed by atoms with Crippen LogP contribution in [0, 0.1) is 11.6 Å². The number of nitrogens with one attached hydrogen (secondary N) is 1. The first-order valence-electron chi connectivity index (χ1n) is 9.39. The molecule has 9 heteroatoms. The molecule has 1 N–H and O–H groups in total. The summed E-state index contributed by atoms with van der Waals surface area (Å²) in [6.07, 6.45) is 2.98. The van der Waals surface area contributed by atoms with E-state index in [1.165, 1.54) is 16.2 Å². The maximum Gasteiger partial charge on any atom is 0.258 e. The smallest absolute Gasteiger partial charge is 0.258 e. The number of halogens is 2. The lowest BCUT2D eigenvalue weighted by Gasteiger charge is -2.15. The summed E-state index contributed by atoms with van der Waals surface area (Å²) >= 11 is 0. The summed E-state index contributed by atoms with van der Waals surface area (Å²) < 4.78 is 49.3. The number of fused-ring (bicyclic) bond motifs is 1. The average Bonchev–Trinajstić information content (AvgIpc) is 2.79. The Labute approximate surface area is 184 Å². The van der Waals surface area contributed by atoms with Crippen molar-refractivity contribution in [1.82, 2.24) is 9.55 Å². The third kappa shape index (κ3) is 4.15. The molecule has 0 spiro atoms. The predicted octanol–water partition coefficient (Wildman–Crippen LogP) is 4.89. The van der Waals surface area contributed by atoms with E-state index in [4.69, 9.17) is 4.74 Å². The summed E-state index contributed by atoms with van der Waals surface area (Å²) in [6, 6.07) is 11.6. The summed E-state index contributed by atoms with van der Waals surface area (Å²) in [6.45, 7) is 3.47. The first kappa shape index (κ1) is 21.4. The highest BCUT2D eigenvalue weighted by Gasteiger charge is 2.17. The highest BCUT2D eigenvalue weighted by molar-refractivity contribution is 7.89. The summed E-state index contributed by atoms with van der Waals surface area (Å²) in [5, 5.41) is 2.32. The zero-order chi connectivity index (χ0) is 22.8. The van der Waals surface area contributed by atoms with Gasteiger partial charge >= 0.3 is 0 Å². The van der Waals surface area contributed by atoms with Gasteiger partial charge in [0.15, 0.2) is 11.6 Å². The van der Waals surface area contributed by atoms with E-state index in [0.29, 0.717) is 33.7 Å². The number of ether oxygens (including phenoxy) is 1. The molecular formula is C23H17F2N3O3S. The molecule has 0 saturated heterocycles. The van der Waals surface area contributed by atoms with Crippen molar-refractivity contribution in [3.8, 4) is 22.8 Å². The number of hydrogen-bond acceptors (Lipinski definition) is 4. The van der Waals surface area contributed by atoms with E-state index in [2.05, 4.69) is 16.3 Å². The van der Waals surface area contributed by atoms with Crippen LogP contribution >= 0.6 is 0 Å². The standard InChI is InChI=1S/C23H17F2N3O3S/c1-3-32(30)27-15-11-18(19-13-28(2)23(29)17-7-5-4-6-16(17)19)22(26-12-15)31-21-9-8-14(24)10-20(21)25/h3-13,27H,1H2,2H3. The molecule has 0 saturated carbocycles. The first-order valence-corrected chi connectivity index (χ1v) is 10.6. The van der Waals surface area contributed by atoms with E-state index in [0.717, 1.165) is 12.1 Å². The molecule has 0 aliphatic rings. The van der Waals surface area contributed by atoms with Gasteiger partial charge < -0.3 is 14.0 Å². The van der Waals surface area contributed by atoms with Crippen molar-refractivity contribution in [2.24, 2.45) is 7.05 Å². The predicted molar refractivity (Wildman–Crippen MR) is 121 cm³/mol. The number of pyridine rings is 2. The van der Waals surface area contributed by atoms with Crippen molar-refractivity contribution < 1.29 is 17.7 Å². The molecule has 0 amide bonds. The minimum Gasteiger partial charge on any atom is -0.435 e. The van der Waals surface area contributed by atoms with Crippen molar-refractivity contribution in [2.45, 2.75) is 0 Å². The van der Waals surface area contributed by atoms with Crippen LogP contribution in [0.1, 0.15) is 0 Å². The van der Waals surface area contributed by atoms with Gasteiger partial charge in [0.25, 0.3) is 5.56 Å². The van der Waals surface area contributed by atoms with Gasteiger partial charge in [-0.05, 0) is 29.7 Å². The number of rotatable bonds is 6. The lowest BCUT2D eigenvalue weighted by Crippen LogP contribution is -2.16. The topological polar surface area (TPSA) is 73.2 Å². The minimum absolute atomic E-state index is 0.0224. The molecule has 32 heavy (non-hydrogen) atoms. The van der Waals surface area contributed by atoms with Crippen LogP contribution < -0.4 is 15.0 Å². The fourth-order valence-corrected chi connectivity index (χ4v) is 3.66. The van der Waals surface area contributed by atoms with Gasteiger partial charge in [-0.15, -0.1) is 0 Å². The van der Waals surface area contributed by atoms with Gasteiger partial charge in [-0.3, -0.25) is 4.79 Å². The second kappa shape index (κ2) is 8.72. The largest absolute Gasteiger partial charge is 0.435 e. The van der Waals surface area contributed by atoms with E-state index in [1.54, 1.807) is 43.6 Å². The Morgan fingerprint density at radius 2 is 1.88 bits per heavy atom. The lowest BCUT2D eigenvalue weighted by molar-refractivity contribution is 0.425. The quantitative estimate of drug-likeness (QED) is 0.451. The molecule has 4 rings (SSSR count). The van der Waals surface area contributed by atoms with Crippen LogP contribution in [0.2, 0.25) is 0 Å². The fraction of sp³-hybridized carbons (Fsp3) is 0.0435. The Bertz CT molecular complexity index is 1440. The lowest BCUT2D eigenvalue weighted by atomic mass is 10.0. The zero-order valence-corrected chi connectivity index (χ0v) is 17.7. The number of anilines is 1. The van der Waals surface area contributed by atoms with E-state index in [1.807, 2.05) is 0 Å². The molecule has 0 fully saturated rings. The second-order valence-electron chi connectivity index (χ2n) is 6.82. The maximum absolute atomic E-state index is 14.2. The molecule has 0 aliphatic heterocycles. The van der Waals surface area contributed by atoms with Gasteiger partial charge in [0.2, 0.25) is 5.88 Å². The van der Waals surface area contributed by atoms with Crippen LogP contribution in [0.5, 0.6) is 11.6 Å². The zero-order valence-electron chi connectivity index (χ0n) is 16.8. The first-order chi connectivity index (χ1) is 15.4. The number of nitrogens with zero attached hydrogens (tertiary/aromatic N) is 2. The van der Waals surface area contributed by atoms with Crippen LogP contribution in [-0.4, -0.2) is 13.8 Å². The summed E-state index contributed by atoms with van der Waals surface area (Å²) in [4.78, 5) is 16.8. The Morgan fingerprint density at radius 1 is 1.12 bits per heavy atom. The van der Waals surface area contributed by atoms with Crippen molar-refractivity contribution in [3.05, 3.63) is 94.9 Å². The Morgan fingerprint density at radius 3 is 2.59 bits per heavy atom. The summed E-state index contributed by atoms with van der Waals surface area (Å²) in [5.41, 5.74) is 1.20. The number of hydrogen-bond donors (Lipinski definition) is 1. The van der Waals surface area contributed by atoms with Crippen LogP contribution in [0.3, 0.4) is 0 Å². The molecule has 2 heterocycles. The van der Waals surface area contributed by atoms with Gasteiger partial charge in [0.1, 0.15) is 16.8 Å². The molecule has 0 aliphatic carbocycles. The van der Waals surface area contributed by atoms with Crippen LogP contribution in [0.4, 0.5) is 14.5 Å². The van der Waals surface area contributed by atoms with Crippen LogP contribution in [0.25, 0.3) is 21.9 Å². The van der Waals surface area contributed by atoms with Crippen molar-refractivity contribution in [1.29, 1.82) is 0 Å². The molecule has 6 nitrogen and oxygen atoms in total. The molecule has 0 radical (unpaired) electrons. The molecule has 2 aromatic heterocycles. The van der Waals surface area contributed by atoms with E-state index < -0.39 is 22.6 Å². The number of aryl methyl sites for hydroxylation is 1. The SMILES string of the molecule is C=CS(=O)Nc1cnc(Oc2ccc(F)cc2F)c(-c2cn(C)c(=O)c3ccccc23)c1. The maximum atomic E-state index is 14.2. The molecule has 2 aromatic carbocycles. The molecule has 1 unspecified atom stereocenters. The third-order valence-corrected chi connectivity index (χ3v) is 5.44. The molecular weight excluding hydrogens is 436 g/mol. The molecule has 0 bridgehead atoms. The third-order valence-electron chi connectivity index (χ3n) is 4.70. The molecule has 4 aromatic rings. The van der Waals surface area contributed by atoms with Crippen molar-refractivity contribution in [2.75, 3.05) is 4.72 Å². The van der Waals surface area contributed by atoms with Gasteiger partial charge in [-0.1, -0.05) is 24.8 Å². The van der Waals surface area contributed by atoms with E-state index in [9.17, 15) is 17.8 Å². The average molecular weight is 453 g/mol. The molecule has 1 atom stereocenters. The van der Waals surface area contributed by atoms with Gasteiger partial charge in [0.05, 0.1) is 11.9 Å². The normalized spacial score (nSPS) is 11.8. The Kier molecular flexibility index (Phi) is 5.83. The molecule has 162 valence electrons. The number of aromatic nitrogens is 2. The van der Waals surface area contributed by atoms with Gasteiger partial charge in [-0.2, -0.15) is 0 Å². The van der Waals surface area contributed by atoms with E-state index in [-0.39, 0.29) is 17.2 Å². The van der Waals surface area contributed by atoms with Gasteiger partial charge in [0, 0.05) is 41.2 Å². The van der Waals surface area contributed by atoms with Crippen molar-refractivity contribution >= 4 is 27.4 Å². The van der Waals surface area contributed by atoms with Crippen molar-refractivity contribution in [3.63, 3.8) is 0 Å².